The normalized spacial score (nSPS) is 20.5. The molecule has 572 valence electrons. The standard InChI is InChI=1S/C30H39NO9S.C28H39NO7S.C11H13NO7.CH4O3S.CH4/c1-20(2)16-31(41(35,36)25-10-8-24(37-3)9-11-25)17-27(33)23(14-21-4-6-22(18-32)7-5-21)15-29(34)40-28-19-39-30-26(28)12-13-38-30;1-20(2)17-29(37(33,34)25-13-11-24(35-6)12-14-25)18-26(31)23(16-27(32)36-28(3,4)5)15-21-7-9-22(19-30)10-8-21;13-8-1-2-9(14)12(8)19-11(15)18-7-5-17-10-6(7)3-4-16-10;1-5(2,3)4;/h4-11,18,20,23,26-28,30,33H,12-17,19H2,1-3H3;7-14,19-20,23,26,31H,15-18H2,1-6H3;6-7,10H,1-5H2;1H3,(H,2,3,4);1H4/t23-,26+,27-,28+,30-;23-,26-;6-,7-,10+;;/m110../s1. The van der Waals surface area contributed by atoms with Gasteiger partial charge in [0.2, 0.25) is 20.0 Å². The van der Waals surface area contributed by atoms with Crippen LogP contribution in [-0.4, -0.2) is 212 Å². The van der Waals surface area contributed by atoms with Gasteiger partial charge in [-0.1, -0.05) is 88.7 Å². The van der Waals surface area contributed by atoms with Crippen LogP contribution in [0.4, 0.5) is 4.79 Å². The zero-order chi connectivity index (χ0) is 75.3. The van der Waals surface area contributed by atoms with Crippen LogP contribution >= 0.6 is 0 Å². The Balaban J connectivity index is 0.000000281. The van der Waals surface area contributed by atoms with Crippen molar-refractivity contribution in [2.45, 2.75) is 160 Å². The van der Waals surface area contributed by atoms with Gasteiger partial charge in [-0.2, -0.15) is 17.0 Å². The number of imide groups is 1. The summed E-state index contributed by atoms with van der Waals surface area (Å²) in [5.74, 6) is -2.29. The molecule has 5 aliphatic heterocycles. The lowest BCUT2D eigenvalue weighted by Crippen LogP contribution is -2.43. The Morgan fingerprint density at radius 3 is 1.30 bits per heavy atom. The summed E-state index contributed by atoms with van der Waals surface area (Å²) >= 11 is 0. The Hall–Kier alpha value is -7.34. The number of aldehydes is 2. The Kier molecular flexibility index (Phi) is 33.2. The highest BCUT2D eigenvalue weighted by molar-refractivity contribution is 7.89. The Bertz CT molecular complexity index is 3740. The zero-order valence-corrected chi connectivity index (χ0v) is 61.4. The summed E-state index contributed by atoms with van der Waals surface area (Å²) in [4.78, 5) is 86.8. The molecule has 10 atom stereocenters. The van der Waals surface area contributed by atoms with E-state index in [1.54, 1.807) is 93.6 Å². The number of hydrogen-bond acceptors (Lipinski definition) is 25. The highest BCUT2D eigenvalue weighted by Crippen LogP contribution is 2.36. The second-order valence-corrected chi connectivity index (χ2v) is 32.3. The molecule has 5 aliphatic rings. The third-order valence-electron chi connectivity index (χ3n) is 16.6. The summed E-state index contributed by atoms with van der Waals surface area (Å²) in [5.41, 5.74) is 1.94. The summed E-state index contributed by atoms with van der Waals surface area (Å²) in [5, 5.41) is 23.2. The average molecular weight is 1510 g/mol. The minimum absolute atomic E-state index is 0. The van der Waals surface area contributed by atoms with Crippen molar-refractivity contribution in [3.8, 4) is 11.5 Å². The van der Waals surface area contributed by atoms with E-state index in [0.29, 0.717) is 53.6 Å². The fraction of sp³-hybridized carbons (Fsp3) is 0.563. The number of hydroxylamine groups is 2. The molecule has 0 bridgehead atoms. The smallest absolute Gasteiger partial charge is 0.497 e. The van der Waals surface area contributed by atoms with Crippen LogP contribution in [0.5, 0.6) is 11.5 Å². The number of rotatable bonds is 29. The first-order valence-corrected chi connectivity index (χ1v) is 38.0. The molecular formula is C71H99N3O26S3. The lowest BCUT2D eigenvalue weighted by atomic mass is 9.90. The van der Waals surface area contributed by atoms with Crippen LogP contribution in [0.1, 0.15) is 126 Å². The molecule has 9 rings (SSSR count). The van der Waals surface area contributed by atoms with Gasteiger partial charge in [-0.3, -0.25) is 38.2 Å². The van der Waals surface area contributed by atoms with Crippen LogP contribution in [0, 0.1) is 35.5 Å². The highest BCUT2D eigenvalue weighted by atomic mass is 32.2. The molecule has 5 heterocycles. The monoisotopic (exact) mass is 1510 g/mol. The summed E-state index contributed by atoms with van der Waals surface area (Å²) in [7, 11) is -8.54. The highest BCUT2D eigenvalue weighted by Gasteiger charge is 2.46. The van der Waals surface area contributed by atoms with E-state index in [4.69, 9.17) is 47.2 Å². The number of carbonyl (C=O) groups excluding carboxylic acids is 7. The first kappa shape index (κ1) is 86.3. The number of sulfonamides is 2. The number of hydrogen-bond donors (Lipinski definition) is 3. The summed E-state index contributed by atoms with van der Waals surface area (Å²) in [6.07, 6.45) is -0.827. The van der Waals surface area contributed by atoms with E-state index in [2.05, 4.69) is 4.84 Å². The molecule has 29 nitrogen and oxygen atoms in total. The molecule has 5 fully saturated rings. The molecule has 0 aliphatic carbocycles. The van der Waals surface area contributed by atoms with Crippen molar-refractivity contribution in [1.82, 2.24) is 13.7 Å². The van der Waals surface area contributed by atoms with Crippen molar-refractivity contribution in [1.29, 1.82) is 0 Å². The molecule has 2 amide bonds. The number of methoxy groups -OCH3 is 2. The van der Waals surface area contributed by atoms with Crippen molar-refractivity contribution in [3.05, 3.63) is 119 Å². The van der Waals surface area contributed by atoms with Crippen molar-refractivity contribution in [2.24, 2.45) is 35.5 Å². The Labute approximate surface area is 603 Å². The van der Waals surface area contributed by atoms with Gasteiger partial charge in [-0.15, -0.1) is 0 Å². The minimum atomic E-state index is -3.96. The van der Waals surface area contributed by atoms with Crippen LogP contribution in [0.3, 0.4) is 0 Å². The van der Waals surface area contributed by atoms with E-state index >= 15 is 0 Å². The molecule has 0 spiro atoms. The Morgan fingerprint density at radius 1 is 0.583 bits per heavy atom. The minimum Gasteiger partial charge on any atom is -0.497 e. The molecule has 0 unspecified atom stereocenters. The molecule has 0 saturated carbocycles. The van der Waals surface area contributed by atoms with E-state index in [0.717, 1.165) is 36.5 Å². The summed E-state index contributed by atoms with van der Waals surface area (Å²) in [6, 6.07) is 25.9. The second kappa shape index (κ2) is 39.7. The van der Waals surface area contributed by atoms with Gasteiger partial charge in [-0.25, -0.2) is 21.6 Å². The molecule has 5 saturated heterocycles. The number of esters is 2. The molecule has 0 aromatic heterocycles. The molecule has 4 aromatic carbocycles. The molecule has 32 heteroatoms. The van der Waals surface area contributed by atoms with Gasteiger partial charge in [0.25, 0.3) is 21.9 Å². The average Bonchev–Trinajstić information content (AvgIpc) is 1.72. The first-order valence-electron chi connectivity index (χ1n) is 33.3. The van der Waals surface area contributed by atoms with Crippen molar-refractivity contribution in [2.75, 3.05) is 73.1 Å². The third kappa shape index (κ3) is 27.3. The summed E-state index contributed by atoms with van der Waals surface area (Å²) < 4.78 is 131. The van der Waals surface area contributed by atoms with Crippen molar-refractivity contribution >= 4 is 72.6 Å². The number of benzene rings is 4. The predicted octanol–water partition coefficient (Wildman–Crippen LogP) is 7.28. The largest absolute Gasteiger partial charge is 0.534 e. The second-order valence-electron chi connectivity index (χ2n) is 27.0. The predicted molar refractivity (Wildman–Crippen MR) is 372 cm³/mol. The number of amides is 2. The van der Waals surface area contributed by atoms with E-state index in [9.17, 15) is 69.0 Å². The first-order chi connectivity index (χ1) is 48.0. The number of nitrogens with zero attached hydrogens (tertiary/aromatic N) is 3. The number of fused-ring (bicyclic) bond motifs is 2. The molecule has 4 aromatic rings. The van der Waals surface area contributed by atoms with E-state index in [1.165, 1.54) is 47.1 Å². The quantitative estimate of drug-likeness (QED) is 0.0158. The van der Waals surface area contributed by atoms with Gasteiger partial charge < -0.3 is 52.8 Å². The summed E-state index contributed by atoms with van der Waals surface area (Å²) in [6.45, 7) is 14.5. The molecular weight excluding hydrogens is 1410 g/mol. The third-order valence-corrected chi connectivity index (χ3v) is 20.3. The molecule has 0 radical (unpaired) electrons. The Morgan fingerprint density at radius 2 is 0.951 bits per heavy atom. The van der Waals surface area contributed by atoms with Gasteiger partial charge in [0, 0.05) is 62.0 Å². The maximum atomic E-state index is 13.6. The van der Waals surface area contributed by atoms with E-state index in [1.807, 2.05) is 27.7 Å². The van der Waals surface area contributed by atoms with Crippen LogP contribution in [0.2, 0.25) is 0 Å². The number of aliphatic hydroxyl groups is 2. The van der Waals surface area contributed by atoms with Crippen LogP contribution in [0.15, 0.2) is 107 Å². The van der Waals surface area contributed by atoms with E-state index < -0.39 is 102 Å². The number of aliphatic hydroxyl groups excluding tert-OH is 2. The van der Waals surface area contributed by atoms with Gasteiger partial charge in [-0.05, 0) is 118 Å². The fourth-order valence-electron chi connectivity index (χ4n) is 11.6. The molecule has 3 N–H and O–H groups in total. The topological polar surface area (TPSA) is 385 Å². The maximum Gasteiger partial charge on any atom is 0.534 e. The number of carbonyl (C=O) groups is 7. The fourth-order valence-corrected chi connectivity index (χ4v) is 14.9. The van der Waals surface area contributed by atoms with Crippen LogP contribution in [0.25, 0.3) is 0 Å². The van der Waals surface area contributed by atoms with E-state index in [-0.39, 0.29) is 125 Å². The van der Waals surface area contributed by atoms with Gasteiger partial charge in [0.1, 0.15) is 41.9 Å². The van der Waals surface area contributed by atoms with Crippen molar-refractivity contribution < 1.29 is 121 Å². The maximum absolute atomic E-state index is 13.6. The zero-order valence-electron chi connectivity index (χ0n) is 58.9. The number of ether oxygens (including phenoxy) is 9. The van der Waals surface area contributed by atoms with Gasteiger partial charge in [0.05, 0.1) is 93.6 Å². The van der Waals surface area contributed by atoms with Crippen molar-refractivity contribution in [3.63, 3.8) is 0 Å². The van der Waals surface area contributed by atoms with Crippen LogP contribution in [-0.2, 0) is 100 Å². The molecule has 103 heavy (non-hydrogen) atoms. The lowest BCUT2D eigenvalue weighted by molar-refractivity contribution is -0.179. The van der Waals surface area contributed by atoms with Gasteiger partial charge >= 0.3 is 18.1 Å². The van der Waals surface area contributed by atoms with Gasteiger partial charge in [0.15, 0.2) is 12.6 Å². The lowest BCUT2D eigenvalue weighted by Gasteiger charge is -2.30. The SMILES string of the molecule is C.COc1ccc(S(=O)(=O)N(CC(C)C)C[C@@H](O)[C@@H](CC(=O)OC(C)(C)C)Cc2ccc(C=O)cc2)cc1.COc1ccc(S(=O)(=O)N(CC(C)C)C[C@@H](O)[C@@H](CC(=O)O[C@H]2CO[C@H]3OCC[C@H]32)Cc2ccc(C=O)cc2)cc1.CS(=O)(=O)O.O=C(O[C@H]1CO[C@H]2OCC[C@H]21)ON1C(=O)CCC1=O. The van der Waals surface area contributed by atoms with Crippen LogP contribution < -0.4 is 9.47 Å².